The standard InChI is InChI=1S/C16H22O2/c1-11-5-4-6-15(9-11)18-16-8-7-14(13(3)17)10-12(16)2/h7-8,10-11,15H,4-6,9H2,1-3H3. The second-order valence-electron chi connectivity index (χ2n) is 5.55. The van der Waals surface area contributed by atoms with E-state index >= 15 is 0 Å². The van der Waals surface area contributed by atoms with E-state index < -0.39 is 0 Å². The van der Waals surface area contributed by atoms with Crippen molar-refractivity contribution in [1.82, 2.24) is 0 Å². The number of aryl methyl sites for hydroxylation is 1. The van der Waals surface area contributed by atoms with Gasteiger partial charge in [0, 0.05) is 5.56 Å². The van der Waals surface area contributed by atoms with Crippen molar-refractivity contribution in [1.29, 1.82) is 0 Å². The van der Waals surface area contributed by atoms with E-state index in [1.807, 2.05) is 25.1 Å². The molecule has 2 rings (SSSR count). The van der Waals surface area contributed by atoms with E-state index in [0.29, 0.717) is 6.10 Å². The van der Waals surface area contributed by atoms with Crippen LogP contribution in [0.3, 0.4) is 0 Å². The predicted octanol–water partition coefficient (Wildman–Crippen LogP) is 4.16. The van der Waals surface area contributed by atoms with Crippen molar-refractivity contribution in [2.45, 2.75) is 52.6 Å². The zero-order chi connectivity index (χ0) is 13.1. The van der Waals surface area contributed by atoms with Crippen LogP contribution in [0.2, 0.25) is 0 Å². The molecule has 0 aliphatic heterocycles. The molecule has 0 N–H and O–H groups in total. The van der Waals surface area contributed by atoms with Crippen LogP contribution in [-0.4, -0.2) is 11.9 Å². The second kappa shape index (κ2) is 5.55. The molecule has 98 valence electrons. The predicted molar refractivity (Wildman–Crippen MR) is 73.2 cm³/mol. The van der Waals surface area contributed by atoms with Crippen LogP contribution in [0.15, 0.2) is 18.2 Å². The molecule has 1 aliphatic rings. The number of hydrogen-bond acceptors (Lipinski definition) is 2. The van der Waals surface area contributed by atoms with E-state index in [0.717, 1.165) is 35.6 Å². The number of rotatable bonds is 3. The number of hydrogen-bond donors (Lipinski definition) is 0. The summed E-state index contributed by atoms with van der Waals surface area (Å²) in [4.78, 5) is 11.3. The summed E-state index contributed by atoms with van der Waals surface area (Å²) in [6.45, 7) is 5.90. The van der Waals surface area contributed by atoms with Crippen LogP contribution < -0.4 is 4.74 Å². The van der Waals surface area contributed by atoms with E-state index in [4.69, 9.17) is 4.74 Å². The number of carbonyl (C=O) groups excluding carboxylic acids is 1. The zero-order valence-corrected chi connectivity index (χ0v) is 11.5. The Bertz CT molecular complexity index is 437. The van der Waals surface area contributed by atoms with Gasteiger partial charge in [0.25, 0.3) is 0 Å². The Kier molecular flexibility index (Phi) is 4.05. The maximum Gasteiger partial charge on any atom is 0.159 e. The van der Waals surface area contributed by atoms with Gasteiger partial charge in [-0.05, 0) is 62.8 Å². The van der Waals surface area contributed by atoms with Crippen molar-refractivity contribution in [3.05, 3.63) is 29.3 Å². The molecule has 1 fully saturated rings. The minimum atomic E-state index is 0.107. The van der Waals surface area contributed by atoms with Gasteiger partial charge in [-0.3, -0.25) is 4.79 Å². The van der Waals surface area contributed by atoms with Gasteiger partial charge in [-0.15, -0.1) is 0 Å². The van der Waals surface area contributed by atoms with E-state index in [1.165, 1.54) is 12.8 Å². The van der Waals surface area contributed by atoms with Crippen LogP contribution in [-0.2, 0) is 0 Å². The molecule has 1 aliphatic carbocycles. The fourth-order valence-electron chi connectivity index (χ4n) is 2.67. The monoisotopic (exact) mass is 246 g/mol. The second-order valence-corrected chi connectivity index (χ2v) is 5.55. The first-order chi connectivity index (χ1) is 8.56. The third-order valence-corrected chi connectivity index (χ3v) is 3.76. The molecule has 0 heterocycles. The average molecular weight is 246 g/mol. The Morgan fingerprint density at radius 3 is 2.72 bits per heavy atom. The highest BCUT2D eigenvalue weighted by molar-refractivity contribution is 5.94. The van der Waals surface area contributed by atoms with Crippen LogP contribution in [0.1, 0.15) is 55.5 Å². The minimum Gasteiger partial charge on any atom is -0.490 e. The molecule has 0 bridgehead atoms. The topological polar surface area (TPSA) is 26.3 Å². The van der Waals surface area contributed by atoms with Crippen LogP contribution in [0.5, 0.6) is 5.75 Å². The molecule has 0 aromatic heterocycles. The van der Waals surface area contributed by atoms with Gasteiger partial charge in [0.2, 0.25) is 0 Å². The summed E-state index contributed by atoms with van der Waals surface area (Å²) in [6.07, 6.45) is 5.22. The third-order valence-electron chi connectivity index (χ3n) is 3.76. The average Bonchev–Trinajstić information content (AvgIpc) is 2.31. The summed E-state index contributed by atoms with van der Waals surface area (Å²) in [6, 6.07) is 5.71. The van der Waals surface area contributed by atoms with Gasteiger partial charge in [0.15, 0.2) is 5.78 Å². The van der Waals surface area contributed by atoms with Crippen molar-refractivity contribution in [2.24, 2.45) is 5.92 Å². The molecule has 1 aromatic carbocycles. The molecular formula is C16H22O2. The Morgan fingerprint density at radius 1 is 1.33 bits per heavy atom. The Morgan fingerprint density at radius 2 is 2.11 bits per heavy atom. The highest BCUT2D eigenvalue weighted by Crippen LogP contribution is 2.29. The molecular weight excluding hydrogens is 224 g/mol. The minimum absolute atomic E-state index is 0.107. The van der Waals surface area contributed by atoms with Gasteiger partial charge in [-0.1, -0.05) is 13.3 Å². The maximum absolute atomic E-state index is 11.3. The largest absolute Gasteiger partial charge is 0.490 e. The van der Waals surface area contributed by atoms with Crippen LogP contribution in [0, 0.1) is 12.8 Å². The van der Waals surface area contributed by atoms with Crippen molar-refractivity contribution in [3.63, 3.8) is 0 Å². The molecule has 0 spiro atoms. The van der Waals surface area contributed by atoms with Gasteiger partial charge in [0.1, 0.15) is 5.75 Å². The summed E-state index contributed by atoms with van der Waals surface area (Å²) in [5.41, 5.74) is 1.82. The highest BCUT2D eigenvalue weighted by Gasteiger charge is 2.20. The lowest BCUT2D eigenvalue weighted by Gasteiger charge is -2.28. The summed E-state index contributed by atoms with van der Waals surface area (Å²) in [5.74, 6) is 1.80. The van der Waals surface area contributed by atoms with E-state index in [1.54, 1.807) is 6.92 Å². The Labute approximate surface area is 109 Å². The number of carbonyl (C=O) groups is 1. The Balaban J connectivity index is 2.07. The van der Waals surface area contributed by atoms with Crippen LogP contribution in [0.25, 0.3) is 0 Å². The number of ketones is 1. The molecule has 2 heteroatoms. The van der Waals surface area contributed by atoms with Gasteiger partial charge in [0.05, 0.1) is 6.10 Å². The summed E-state index contributed by atoms with van der Waals surface area (Å²) in [5, 5.41) is 0. The number of benzene rings is 1. The molecule has 18 heavy (non-hydrogen) atoms. The maximum atomic E-state index is 11.3. The Hall–Kier alpha value is -1.31. The first-order valence-corrected chi connectivity index (χ1v) is 6.84. The number of ether oxygens (including phenoxy) is 1. The van der Waals surface area contributed by atoms with E-state index in [9.17, 15) is 4.79 Å². The van der Waals surface area contributed by atoms with Crippen LogP contribution >= 0.6 is 0 Å². The smallest absolute Gasteiger partial charge is 0.159 e. The first-order valence-electron chi connectivity index (χ1n) is 6.84. The molecule has 0 saturated heterocycles. The lowest BCUT2D eigenvalue weighted by molar-refractivity contribution is 0.101. The molecule has 0 amide bonds. The van der Waals surface area contributed by atoms with Crippen molar-refractivity contribution in [2.75, 3.05) is 0 Å². The van der Waals surface area contributed by atoms with Gasteiger partial charge < -0.3 is 4.74 Å². The van der Waals surface area contributed by atoms with Crippen molar-refractivity contribution < 1.29 is 9.53 Å². The van der Waals surface area contributed by atoms with Crippen molar-refractivity contribution in [3.8, 4) is 5.75 Å². The quantitative estimate of drug-likeness (QED) is 0.749. The van der Waals surface area contributed by atoms with E-state index in [2.05, 4.69) is 6.92 Å². The van der Waals surface area contributed by atoms with Gasteiger partial charge >= 0.3 is 0 Å². The normalized spacial score (nSPS) is 23.7. The molecule has 1 aromatic rings. The van der Waals surface area contributed by atoms with Crippen molar-refractivity contribution >= 4 is 5.78 Å². The summed E-state index contributed by atoms with van der Waals surface area (Å²) >= 11 is 0. The lowest BCUT2D eigenvalue weighted by Crippen LogP contribution is -2.24. The fourth-order valence-corrected chi connectivity index (χ4v) is 2.67. The van der Waals surface area contributed by atoms with Gasteiger partial charge in [-0.2, -0.15) is 0 Å². The SMILES string of the molecule is CC(=O)c1ccc(OC2CCCC(C)C2)c(C)c1. The summed E-state index contributed by atoms with van der Waals surface area (Å²) in [7, 11) is 0. The van der Waals surface area contributed by atoms with E-state index in [-0.39, 0.29) is 5.78 Å². The zero-order valence-electron chi connectivity index (χ0n) is 11.5. The molecule has 2 nitrogen and oxygen atoms in total. The third kappa shape index (κ3) is 3.12. The molecule has 2 atom stereocenters. The molecule has 1 saturated carbocycles. The lowest BCUT2D eigenvalue weighted by atomic mass is 9.88. The van der Waals surface area contributed by atoms with Gasteiger partial charge in [-0.25, -0.2) is 0 Å². The summed E-state index contributed by atoms with van der Waals surface area (Å²) < 4.78 is 6.08. The highest BCUT2D eigenvalue weighted by atomic mass is 16.5. The number of Topliss-reactive ketones (excluding diaryl/α,β-unsaturated/α-hetero) is 1. The fraction of sp³-hybridized carbons (Fsp3) is 0.562. The first kappa shape index (κ1) is 13.1. The van der Waals surface area contributed by atoms with Crippen LogP contribution in [0.4, 0.5) is 0 Å². The molecule has 2 unspecified atom stereocenters. The molecule has 0 radical (unpaired) electrons.